The lowest BCUT2D eigenvalue weighted by Crippen LogP contribution is -2.49. The molecule has 10 heteroatoms. The molecule has 1 saturated heterocycles. The summed E-state index contributed by atoms with van der Waals surface area (Å²) in [5.41, 5.74) is 3.90. The predicted molar refractivity (Wildman–Crippen MR) is 150 cm³/mol. The van der Waals surface area contributed by atoms with Gasteiger partial charge in [-0.1, -0.05) is 29.8 Å². The highest BCUT2D eigenvalue weighted by Gasteiger charge is 2.32. The molecule has 2 aliphatic rings. The third-order valence-electron chi connectivity index (χ3n) is 6.95. The molecule has 1 aliphatic heterocycles. The fraction of sp³-hybridized carbons (Fsp3) is 0.276. The molecule has 0 aromatic heterocycles. The summed E-state index contributed by atoms with van der Waals surface area (Å²) in [6, 6.07) is 15.9. The highest BCUT2D eigenvalue weighted by atomic mass is 35.5. The van der Waals surface area contributed by atoms with Crippen LogP contribution < -0.4 is 4.74 Å². The molecule has 0 radical (unpaired) electrons. The van der Waals surface area contributed by atoms with Crippen LogP contribution in [0.3, 0.4) is 0 Å². The molecular weight excluding hydrogens is 546 g/mol. The number of rotatable bonds is 7. The number of hydrogen-bond donors (Lipinski definition) is 0. The van der Waals surface area contributed by atoms with Crippen molar-refractivity contribution >= 4 is 39.4 Å². The van der Waals surface area contributed by atoms with Crippen LogP contribution in [-0.2, 0) is 10.0 Å². The van der Waals surface area contributed by atoms with E-state index in [2.05, 4.69) is 4.90 Å². The van der Waals surface area contributed by atoms with E-state index in [9.17, 15) is 22.0 Å². The summed E-state index contributed by atoms with van der Waals surface area (Å²) in [5, 5.41) is 0. The molecular formula is C29H29ClF2N2O4S. The van der Waals surface area contributed by atoms with Crippen LogP contribution in [0.2, 0.25) is 0 Å². The first-order valence-electron chi connectivity index (χ1n) is 12.4. The van der Waals surface area contributed by atoms with E-state index in [1.807, 2.05) is 31.2 Å². The van der Waals surface area contributed by atoms with Gasteiger partial charge in [0.15, 0.2) is 5.78 Å². The number of fused-ring (bicyclic) bond motifs is 1. The quantitative estimate of drug-likeness (QED) is 0.405. The Balaban J connectivity index is 0.00000353. The molecule has 6 nitrogen and oxygen atoms in total. The van der Waals surface area contributed by atoms with Crippen molar-refractivity contribution in [2.24, 2.45) is 0 Å². The normalized spacial score (nSPS) is 16.3. The molecule has 3 aromatic carbocycles. The molecule has 0 saturated carbocycles. The van der Waals surface area contributed by atoms with Crippen LogP contribution in [0.15, 0.2) is 60.7 Å². The van der Waals surface area contributed by atoms with Crippen LogP contribution in [0.5, 0.6) is 5.75 Å². The molecule has 0 N–H and O–H groups in total. The third-order valence-corrected chi connectivity index (χ3v) is 8.25. The Hall–Kier alpha value is -3.11. The summed E-state index contributed by atoms with van der Waals surface area (Å²) < 4.78 is 59.2. The van der Waals surface area contributed by atoms with Gasteiger partial charge < -0.3 is 4.74 Å². The molecule has 206 valence electrons. The fourth-order valence-corrected chi connectivity index (χ4v) is 5.80. The standard InChI is InChI=1S/C29H28F2N2O4S.ClH/c1-19-3-5-20(6-4-19)28-27(21-15-22(30)17-23(31)16-21)25-8-7-24(18-26(25)29(28)34)37-14-13-32-9-11-33(12-10-32)38(2,35)36;/h3-8,15-18H,9-14H2,1-2H3;1H. The molecule has 1 heterocycles. The van der Waals surface area contributed by atoms with Gasteiger partial charge in [-0.05, 0) is 53.9 Å². The van der Waals surface area contributed by atoms with Gasteiger partial charge in [0, 0.05) is 55.5 Å². The zero-order chi connectivity index (χ0) is 27.0. The fourth-order valence-electron chi connectivity index (χ4n) is 4.97. The number of benzene rings is 3. The lowest BCUT2D eigenvalue weighted by Gasteiger charge is -2.33. The number of carbonyl (C=O) groups is 1. The summed E-state index contributed by atoms with van der Waals surface area (Å²) in [4.78, 5) is 15.8. The Kier molecular flexibility index (Phi) is 8.56. The van der Waals surface area contributed by atoms with Crippen molar-refractivity contribution in [1.82, 2.24) is 9.21 Å². The first-order chi connectivity index (χ1) is 18.1. The van der Waals surface area contributed by atoms with E-state index in [-0.39, 0.29) is 18.2 Å². The van der Waals surface area contributed by atoms with Gasteiger partial charge in [0.05, 0.1) is 6.26 Å². The zero-order valence-electron chi connectivity index (χ0n) is 21.6. The van der Waals surface area contributed by atoms with E-state index in [4.69, 9.17) is 4.74 Å². The van der Waals surface area contributed by atoms with Crippen LogP contribution in [-0.4, -0.2) is 69.0 Å². The van der Waals surface area contributed by atoms with E-state index in [0.29, 0.717) is 78.5 Å². The van der Waals surface area contributed by atoms with Crippen LogP contribution in [0, 0.1) is 18.6 Å². The van der Waals surface area contributed by atoms with Crippen LogP contribution in [0.1, 0.15) is 32.6 Å². The second kappa shape index (κ2) is 11.6. The van der Waals surface area contributed by atoms with Crippen molar-refractivity contribution in [3.8, 4) is 5.75 Å². The molecule has 1 fully saturated rings. The third kappa shape index (κ3) is 6.22. The Morgan fingerprint density at radius 2 is 1.46 bits per heavy atom. The van der Waals surface area contributed by atoms with Crippen molar-refractivity contribution in [1.29, 1.82) is 0 Å². The Morgan fingerprint density at radius 1 is 0.821 bits per heavy atom. The average Bonchev–Trinajstić information content (AvgIpc) is 3.15. The van der Waals surface area contributed by atoms with Gasteiger partial charge in [-0.3, -0.25) is 9.69 Å². The minimum Gasteiger partial charge on any atom is -0.492 e. The smallest absolute Gasteiger partial charge is 0.211 e. The van der Waals surface area contributed by atoms with Crippen LogP contribution in [0.4, 0.5) is 8.78 Å². The topological polar surface area (TPSA) is 66.9 Å². The lowest BCUT2D eigenvalue weighted by atomic mass is 9.93. The molecule has 1 aliphatic carbocycles. The van der Waals surface area contributed by atoms with E-state index in [1.165, 1.54) is 22.7 Å². The maximum Gasteiger partial charge on any atom is 0.211 e. The number of Topliss-reactive ketones (excluding diaryl/α,β-unsaturated/α-hetero) is 1. The minimum atomic E-state index is -3.18. The summed E-state index contributed by atoms with van der Waals surface area (Å²) >= 11 is 0. The zero-order valence-corrected chi connectivity index (χ0v) is 23.2. The van der Waals surface area contributed by atoms with Crippen LogP contribution in [0.25, 0.3) is 11.1 Å². The number of piperazine rings is 1. The van der Waals surface area contributed by atoms with Crippen molar-refractivity contribution in [2.45, 2.75) is 6.92 Å². The maximum absolute atomic E-state index is 14.2. The first kappa shape index (κ1) is 28.9. The van der Waals surface area contributed by atoms with Gasteiger partial charge in [-0.15, -0.1) is 12.4 Å². The summed E-state index contributed by atoms with van der Waals surface area (Å²) in [7, 11) is -3.18. The number of ketones is 1. The SMILES string of the molecule is Cc1ccc(C2=C(c3cc(F)cc(F)c3)c3ccc(OCCN4CCN(S(C)(=O)=O)CC4)cc3C2=O)cc1.Cl. The van der Waals surface area contributed by atoms with E-state index in [0.717, 1.165) is 11.6 Å². The van der Waals surface area contributed by atoms with Gasteiger partial charge in [0.1, 0.15) is 24.0 Å². The molecule has 39 heavy (non-hydrogen) atoms. The number of hydrogen-bond acceptors (Lipinski definition) is 5. The monoisotopic (exact) mass is 574 g/mol. The van der Waals surface area contributed by atoms with Crippen molar-refractivity contribution in [3.05, 3.63) is 100 Å². The van der Waals surface area contributed by atoms with Gasteiger partial charge >= 0.3 is 0 Å². The molecule has 0 amide bonds. The maximum atomic E-state index is 14.2. The summed E-state index contributed by atoms with van der Waals surface area (Å²) in [5.74, 6) is -1.14. The van der Waals surface area contributed by atoms with Crippen molar-refractivity contribution < 1.29 is 26.7 Å². The number of allylic oxidation sites excluding steroid dienone is 1. The Bertz CT molecular complexity index is 1510. The molecule has 0 bridgehead atoms. The summed E-state index contributed by atoms with van der Waals surface area (Å²) in [6.45, 7) is 5.07. The minimum absolute atomic E-state index is 0. The van der Waals surface area contributed by atoms with Gasteiger partial charge in [-0.2, -0.15) is 4.31 Å². The van der Waals surface area contributed by atoms with Crippen molar-refractivity contribution in [3.63, 3.8) is 0 Å². The predicted octanol–water partition coefficient (Wildman–Crippen LogP) is 4.81. The van der Waals surface area contributed by atoms with Crippen LogP contribution >= 0.6 is 12.4 Å². The summed E-state index contributed by atoms with van der Waals surface area (Å²) in [6.07, 6.45) is 1.22. The average molecular weight is 575 g/mol. The number of ether oxygens (including phenoxy) is 1. The molecule has 5 rings (SSSR count). The molecule has 0 atom stereocenters. The number of sulfonamides is 1. The largest absolute Gasteiger partial charge is 0.492 e. The number of halogens is 3. The highest BCUT2D eigenvalue weighted by Crippen LogP contribution is 2.43. The Labute approximate surface area is 233 Å². The van der Waals surface area contributed by atoms with Gasteiger partial charge in [0.25, 0.3) is 0 Å². The first-order valence-corrected chi connectivity index (χ1v) is 14.2. The second-order valence-corrected chi connectivity index (χ2v) is 11.6. The number of carbonyl (C=O) groups excluding carboxylic acids is 1. The van der Waals surface area contributed by atoms with Gasteiger partial charge in [-0.25, -0.2) is 17.2 Å². The van der Waals surface area contributed by atoms with E-state index < -0.39 is 21.7 Å². The number of nitrogens with zero attached hydrogens (tertiary/aromatic N) is 2. The molecule has 0 unspecified atom stereocenters. The number of aryl methyl sites for hydroxylation is 1. The lowest BCUT2D eigenvalue weighted by molar-refractivity contribution is 0.105. The Morgan fingerprint density at radius 3 is 2.08 bits per heavy atom. The van der Waals surface area contributed by atoms with Gasteiger partial charge in [0.2, 0.25) is 10.0 Å². The molecule has 3 aromatic rings. The second-order valence-electron chi connectivity index (χ2n) is 9.66. The highest BCUT2D eigenvalue weighted by molar-refractivity contribution is 7.88. The van der Waals surface area contributed by atoms with E-state index in [1.54, 1.807) is 18.2 Å². The van der Waals surface area contributed by atoms with E-state index >= 15 is 0 Å². The molecule has 0 spiro atoms. The van der Waals surface area contributed by atoms with Crippen molar-refractivity contribution in [2.75, 3.05) is 45.6 Å².